The lowest BCUT2D eigenvalue weighted by molar-refractivity contribution is 0.744. The number of hydrogen-bond donors (Lipinski definition) is 0. The lowest BCUT2D eigenvalue weighted by Crippen LogP contribution is -2.24. The van der Waals surface area contributed by atoms with E-state index in [2.05, 4.69) is 40.1 Å². The molecule has 0 bridgehead atoms. The molecule has 0 radical (unpaired) electrons. The zero-order valence-corrected chi connectivity index (χ0v) is 11.9. The molecule has 0 N–H and O–H groups in total. The molecule has 1 aromatic heterocycles. The van der Waals surface area contributed by atoms with Crippen LogP contribution in [0.4, 0.5) is 5.69 Å². The molecule has 0 aliphatic carbocycles. The van der Waals surface area contributed by atoms with E-state index >= 15 is 0 Å². The molecule has 19 heavy (non-hydrogen) atoms. The second kappa shape index (κ2) is 4.82. The molecule has 0 unspecified atom stereocenters. The third-order valence-electron chi connectivity index (χ3n) is 3.51. The van der Waals surface area contributed by atoms with Crippen LogP contribution in [-0.4, -0.2) is 23.6 Å². The molecule has 0 saturated carbocycles. The van der Waals surface area contributed by atoms with Crippen molar-refractivity contribution in [2.45, 2.75) is 19.8 Å². The Morgan fingerprint density at radius 1 is 1.21 bits per heavy atom. The van der Waals surface area contributed by atoms with Gasteiger partial charge in [0.1, 0.15) is 5.15 Å². The van der Waals surface area contributed by atoms with E-state index in [0.29, 0.717) is 11.0 Å². The second-order valence-electron chi connectivity index (χ2n) is 5.02. The summed E-state index contributed by atoms with van der Waals surface area (Å²) in [5.41, 5.74) is 4.62. The lowest BCUT2D eigenvalue weighted by Gasteiger charge is -2.27. The first-order valence-corrected chi connectivity index (χ1v) is 6.87. The molecule has 0 amide bonds. The van der Waals surface area contributed by atoms with Gasteiger partial charge in [0.2, 0.25) is 0 Å². The molecule has 1 aliphatic rings. The van der Waals surface area contributed by atoms with Gasteiger partial charge in [0.05, 0.1) is 0 Å². The predicted octanol–water partition coefficient (Wildman–Crippen LogP) is 3.49. The van der Waals surface area contributed by atoms with E-state index in [1.165, 1.54) is 17.7 Å². The zero-order valence-electron chi connectivity index (χ0n) is 11.2. The normalized spacial score (nSPS) is 14.4. The van der Waals surface area contributed by atoms with Gasteiger partial charge in [-0.15, -0.1) is 0 Å². The van der Waals surface area contributed by atoms with E-state index in [1.54, 1.807) is 6.07 Å². The summed E-state index contributed by atoms with van der Waals surface area (Å²) >= 11 is 6.01. The van der Waals surface area contributed by atoms with E-state index in [1.807, 2.05) is 6.92 Å². The largest absolute Gasteiger partial charge is 0.374 e. The molecule has 1 aromatic carbocycles. The Labute approximate surface area is 118 Å². The number of hydrogen-bond acceptors (Lipinski definition) is 3. The van der Waals surface area contributed by atoms with Crippen LogP contribution in [0.15, 0.2) is 24.3 Å². The van der Waals surface area contributed by atoms with Crippen LogP contribution in [0.1, 0.15) is 17.7 Å². The van der Waals surface area contributed by atoms with Gasteiger partial charge in [0.25, 0.3) is 0 Å². The Morgan fingerprint density at radius 3 is 2.84 bits per heavy atom. The predicted molar refractivity (Wildman–Crippen MR) is 78.8 cm³/mol. The van der Waals surface area contributed by atoms with Crippen LogP contribution in [0.2, 0.25) is 5.15 Å². The maximum atomic E-state index is 6.01. The van der Waals surface area contributed by atoms with Crippen molar-refractivity contribution in [3.8, 4) is 11.4 Å². The number of benzene rings is 1. The third-order valence-corrected chi connectivity index (χ3v) is 3.71. The van der Waals surface area contributed by atoms with Crippen LogP contribution in [0.3, 0.4) is 0 Å². The quantitative estimate of drug-likeness (QED) is 0.745. The smallest absolute Gasteiger partial charge is 0.161 e. The summed E-state index contributed by atoms with van der Waals surface area (Å²) in [7, 11) is 2.14. The van der Waals surface area contributed by atoms with Gasteiger partial charge >= 0.3 is 0 Å². The number of anilines is 1. The first kappa shape index (κ1) is 12.4. The van der Waals surface area contributed by atoms with Crippen molar-refractivity contribution in [1.29, 1.82) is 0 Å². The number of nitrogens with zero attached hydrogens (tertiary/aromatic N) is 3. The van der Waals surface area contributed by atoms with E-state index in [4.69, 9.17) is 11.6 Å². The lowest BCUT2D eigenvalue weighted by atomic mass is 9.99. The zero-order chi connectivity index (χ0) is 13.4. The minimum absolute atomic E-state index is 0.498. The maximum Gasteiger partial charge on any atom is 0.161 e. The highest BCUT2D eigenvalue weighted by Crippen LogP contribution is 2.30. The van der Waals surface area contributed by atoms with Gasteiger partial charge < -0.3 is 4.90 Å². The second-order valence-corrected chi connectivity index (χ2v) is 5.41. The molecule has 3 rings (SSSR count). The minimum Gasteiger partial charge on any atom is -0.374 e. The Morgan fingerprint density at radius 2 is 2.05 bits per heavy atom. The fourth-order valence-corrected chi connectivity index (χ4v) is 2.82. The van der Waals surface area contributed by atoms with E-state index < -0.39 is 0 Å². The van der Waals surface area contributed by atoms with Gasteiger partial charge in [-0.25, -0.2) is 9.97 Å². The van der Waals surface area contributed by atoms with Crippen molar-refractivity contribution in [3.63, 3.8) is 0 Å². The first-order valence-electron chi connectivity index (χ1n) is 6.49. The summed E-state index contributed by atoms with van der Waals surface area (Å²) in [6, 6.07) is 8.20. The molecule has 2 heterocycles. The number of halogens is 1. The number of fused-ring (bicyclic) bond motifs is 1. The van der Waals surface area contributed by atoms with Crippen molar-refractivity contribution < 1.29 is 0 Å². The summed E-state index contributed by atoms with van der Waals surface area (Å²) < 4.78 is 0. The van der Waals surface area contributed by atoms with Crippen molar-refractivity contribution >= 4 is 17.3 Å². The van der Waals surface area contributed by atoms with Gasteiger partial charge in [-0.1, -0.05) is 11.6 Å². The monoisotopic (exact) mass is 273 g/mol. The van der Waals surface area contributed by atoms with Crippen molar-refractivity contribution in [2.24, 2.45) is 0 Å². The summed E-state index contributed by atoms with van der Waals surface area (Å²) in [5, 5.41) is 0.498. The standard InChI is InChI=1S/C15H16ClN3/c1-10-8-14(16)18-15(17-10)12-5-6-13-11(9-12)4-3-7-19(13)2/h5-6,8-9H,3-4,7H2,1-2H3. The first-order chi connectivity index (χ1) is 9.13. The Kier molecular flexibility index (Phi) is 3.15. The molecular weight excluding hydrogens is 258 g/mol. The van der Waals surface area contributed by atoms with Gasteiger partial charge in [0, 0.05) is 30.5 Å². The van der Waals surface area contributed by atoms with Crippen molar-refractivity contribution in [1.82, 2.24) is 9.97 Å². The average Bonchev–Trinajstić information content (AvgIpc) is 2.37. The topological polar surface area (TPSA) is 29.0 Å². The molecule has 0 fully saturated rings. The van der Waals surface area contributed by atoms with Crippen LogP contribution in [0.25, 0.3) is 11.4 Å². The Hall–Kier alpha value is -1.61. The Bertz CT molecular complexity index is 605. The highest BCUT2D eigenvalue weighted by Gasteiger charge is 2.15. The van der Waals surface area contributed by atoms with Crippen molar-refractivity contribution in [3.05, 3.63) is 40.7 Å². The molecule has 3 nitrogen and oxygen atoms in total. The molecular formula is C15H16ClN3. The molecule has 0 spiro atoms. The van der Waals surface area contributed by atoms with Gasteiger partial charge in [0.15, 0.2) is 5.82 Å². The van der Waals surface area contributed by atoms with E-state index in [0.717, 1.165) is 24.2 Å². The van der Waals surface area contributed by atoms with Crippen LogP contribution in [-0.2, 0) is 6.42 Å². The number of rotatable bonds is 1. The van der Waals surface area contributed by atoms with E-state index in [9.17, 15) is 0 Å². The SMILES string of the molecule is Cc1cc(Cl)nc(-c2ccc3c(c2)CCCN3C)n1. The fourth-order valence-electron chi connectivity index (χ4n) is 2.58. The number of aromatic nitrogens is 2. The number of aryl methyl sites for hydroxylation is 2. The van der Waals surface area contributed by atoms with Crippen LogP contribution in [0, 0.1) is 6.92 Å². The molecule has 0 saturated heterocycles. The summed E-state index contributed by atoms with van der Waals surface area (Å²) in [4.78, 5) is 11.1. The highest BCUT2D eigenvalue weighted by molar-refractivity contribution is 6.29. The fraction of sp³-hybridized carbons (Fsp3) is 0.333. The van der Waals surface area contributed by atoms with Gasteiger partial charge in [-0.3, -0.25) is 0 Å². The van der Waals surface area contributed by atoms with Gasteiger partial charge in [-0.2, -0.15) is 0 Å². The van der Waals surface area contributed by atoms with Crippen LogP contribution < -0.4 is 4.90 Å². The third kappa shape index (κ3) is 2.43. The average molecular weight is 274 g/mol. The minimum atomic E-state index is 0.498. The summed E-state index contributed by atoms with van der Waals surface area (Å²) in [6.45, 7) is 3.06. The van der Waals surface area contributed by atoms with Crippen molar-refractivity contribution in [2.75, 3.05) is 18.5 Å². The summed E-state index contributed by atoms with van der Waals surface area (Å²) in [5.74, 6) is 0.709. The molecule has 1 aliphatic heterocycles. The molecule has 98 valence electrons. The molecule has 0 atom stereocenters. The molecule has 2 aromatic rings. The van der Waals surface area contributed by atoms with Crippen LogP contribution in [0.5, 0.6) is 0 Å². The Balaban J connectivity index is 2.06. The highest BCUT2D eigenvalue weighted by atomic mass is 35.5. The van der Waals surface area contributed by atoms with Gasteiger partial charge in [-0.05, 0) is 49.6 Å². The summed E-state index contributed by atoms with van der Waals surface area (Å²) in [6.07, 6.45) is 2.31. The van der Waals surface area contributed by atoms with E-state index in [-0.39, 0.29) is 0 Å². The molecule has 4 heteroatoms. The van der Waals surface area contributed by atoms with Crippen LogP contribution >= 0.6 is 11.6 Å². The maximum absolute atomic E-state index is 6.01.